The second kappa shape index (κ2) is 8.07. The smallest absolute Gasteiger partial charge is 0.350 e. The maximum absolute atomic E-state index is 12.9. The van der Waals surface area contributed by atoms with E-state index >= 15 is 0 Å². The number of hydrogen-bond acceptors (Lipinski definition) is 2. The molecule has 2 amide bonds. The normalized spacial score (nSPS) is 16.9. The van der Waals surface area contributed by atoms with E-state index < -0.39 is 17.8 Å². The van der Waals surface area contributed by atoms with Gasteiger partial charge in [0.1, 0.15) is 0 Å². The third-order valence-electron chi connectivity index (χ3n) is 5.15. The number of benzene rings is 3. The summed E-state index contributed by atoms with van der Waals surface area (Å²) in [5.41, 5.74) is 8.22. The molecule has 158 valence electrons. The molecule has 4 nitrogen and oxygen atoms in total. The van der Waals surface area contributed by atoms with Crippen LogP contribution in [0.4, 0.5) is 23.7 Å². The van der Waals surface area contributed by atoms with Crippen LogP contribution in [0.15, 0.2) is 77.9 Å². The van der Waals surface area contributed by atoms with Gasteiger partial charge >= 0.3 is 12.2 Å². The van der Waals surface area contributed by atoms with Crippen molar-refractivity contribution in [1.82, 2.24) is 0 Å². The van der Waals surface area contributed by atoms with Gasteiger partial charge in [0, 0.05) is 16.5 Å². The average Bonchev–Trinajstić information content (AvgIpc) is 3.09. The van der Waals surface area contributed by atoms with Crippen molar-refractivity contribution in [2.45, 2.75) is 18.5 Å². The Morgan fingerprint density at radius 3 is 2.32 bits per heavy atom. The van der Waals surface area contributed by atoms with E-state index in [4.69, 9.17) is 17.3 Å². The minimum absolute atomic E-state index is 0.141. The maximum atomic E-state index is 12.9. The number of primary amides is 1. The Labute approximate surface area is 181 Å². The van der Waals surface area contributed by atoms with Crippen LogP contribution in [0.5, 0.6) is 0 Å². The lowest BCUT2D eigenvalue weighted by Gasteiger charge is -2.19. The fourth-order valence-electron chi connectivity index (χ4n) is 3.70. The number of halogens is 4. The van der Waals surface area contributed by atoms with Crippen LogP contribution >= 0.6 is 11.6 Å². The van der Waals surface area contributed by atoms with Gasteiger partial charge in [-0.2, -0.15) is 23.3 Å². The summed E-state index contributed by atoms with van der Waals surface area (Å²) < 4.78 is 38.7. The van der Waals surface area contributed by atoms with Crippen LogP contribution in [-0.4, -0.2) is 11.7 Å². The van der Waals surface area contributed by atoms with Crippen molar-refractivity contribution in [2.24, 2.45) is 10.8 Å². The zero-order valence-corrected chi connectivity index (χ0v) is 16.9. The lowest BCUT2D eigenvalue weighted by molar-refractivity contribution is -0.137. The van der Waals surface area contributed by atoms with Gasteiger partial charge in [-0.3, -0.25) is 0 Å². The number of alkyl halides is 3. The Bertz CT molecular complexity index is 1140. The number of nitrogens with zero attached hydrogens (tertiary/aromatic N) is 2. The average molecular weight is 444 g/mol. The number of hydrazone groups is 1. The highest BCUT2D eigenvalue weighted by Gasteiger charge is 2.33. The summed E-state index contributed by atoms with van der Waals surface area (Å²) in [7, 11) is 0. The minimum Gasteiger partial charge on any atom is -0.350 e. The molecule has 1 aliphatic carbocycles. The van der Waals surface area contributed by atoms with E-state index in [1.54, 1.807) is 6.07 Å². The number of anilines is 1. The molecular formula is C23H17ClF3N3O. The topological polar surface area (TPSA) is 58.7 Å². The summed E-state index contributed by atoms with van der Waals surface area (Å²) in [6.07, 6.45) is -3.86. The number of rotatable bonds is 3. The number of nitrogens with two attached hydrogens (primary N) is 1. The van der Waals surface area contributed by atoms with Crippen molar-refractivity contribution in [3.05, 3.63) is 100 Å². The van der Waals surface area contributed by atoms with Crippen LogP contribution < -0.4 is 10.7 Å². The first kappa shape index (κ1) is 20.9. The van der Waals surface area contributed by atoms with Crippen LogP contribution in [-0.2, 0) is 12.6 Å². The van der Waals surface area contributed by atoms with E-state index in [1.807, 2.05) is 42.5 Å². The minimum atomic E-state index is -4.48. The first-order chi connectivity index (χ1) is 14.7. The zero-order chi connectivity index (χ0) is 22.2. The summed E-state index contributed by atoms with van der Waals surface area (Å²) in [5.74, 6) is -0.161. The Morgan fingerprint density at radius 1 is 1.03 bits per heavy atom. The SMILES string of the molecule is NC(=O)N(/N=C1/c2ccc(Cl)cc2CC1c1ccccc1)c1ccc(C(F)(F)F)cc1. The number of carbonyl (C=O) groups excluding carboxylic acids is 1. The van der Waals surface area contributed by atoms with Crippen molar-refractivity contribution < 1.29 is 18.0 Å². The van der Waals surface area contributed by atoms with Crippen LogP contribution in [0.2, 0.25) is 5.02 Å². The lowest BCUT2D eigenvalue weighted by Crippen LogP contribution is -2.33. The molecule has 4 rings (SSSR count). The summed E-state index contributed by atoms with van der Waals surface area (Å²) >= 11 is 6.15. The second-order valence-corrected chi connectivity index (χ2v) is 7.59. The molecule has 1 aliphatic rings. The van der Waals surface area contributed by atoms with Crippen LogP contribution in [0.3, 0.4) is 0 Å². The van der Waals surface area contributed by atoms with E-state index in [-0.39, 0.29) is 11.6 Å². The molecule has 0 aliphatic heterocycles. The number of urea groups is 1. The lowest BCUT2D eigenvalue weighted by atomic mass is 9.95. The third-order valence-corrected chi connectivity index (χ3v) is 5.39. The van der Waals surface area contributed by atoms with Crippen LogP contribution in [0, 0.1) is 0 Å². The largest absolute Gasteiger partial charge is 0.416 e. The zero-order valence-electron chi connectivity index (χ0n) is 16.1. The summed E-state index contributed by atoms with van der Waals surface area (Å²) in [6, 6.07) is 18.3. The van der Waals surface area contributed by atoms with Gasteiger partial charge in [-0.15, -0.1) is 0 Å². The highest BCUT2D eigenvalue weighted by atomic mass is 35.5. The number of hydrogen-bond donors (Lipinski definition) is 1. The van der Waals surface area contributed by atoms with E-state index in [2.05, 4.69) is 5.10 Å². The Hall–Kier alpha value is -3.32. The second-order valence-electron chi connectivity index (χ2n) is 7.15. The Balaban J connectivity index is 1.80. The molecule has 1 unspecified atom stereocenters. The van der Waals surface area contributed by atoms with Gasteiger partial charge < -0.3 is 5.73 Å². The maximum Gasteiger partial charge on any atom is 0.416 e. The molecular weight excluding hydrogens is 427 g/mol. The van der Waals surface area contributed by atoms with Gasteiger partial charge in [0.05, 0.1) is 17.0 Å². The highest BCUT2D eigenvalue weighted by molar-refractivity contribution is 6.31. The van der Waals surface area contributed by atoms with Crippen LogP contribution in [0.25, 0.3) is 0 Å². The van der Waals surface area contributed by atoms with E-state index in [0.717, 1.165) is 33.8 Å². The van der Waals surface area contributed by atoms with Gasteiger partial charge in [0.15, 0.2) is 0 Å². The molecule has 1 atom stereocenters. The summed E-state index contributed by atoms with van der Waals surface area (Å²) in [4.78, 5) is 12.2. The summed E-state index contributed by atoms with van der Waals surface area (Å²) in [6.45, 7) is 0. The Morgan fingerprint density at radius 2 is 1.71 bits per heavy atom. The number of amides is 2. The molecule has 0 spiro atoms. The van der Waals surface area contributed by atoms with Crippen molar-refractivity contribution in [2.75, 3.05) is 5.01 Å². The van der Waals surface area contributed by atoms with Crippen molar-refractivity contribution >= 4 is 29.0 Å². The number of carbonyl (C=O) groups is 1. The highest BCUT2D eigenvalue weighted by Crippen LogP contribution is 2.37. The van der Waals surface area contributed by atoms with Gasteiger partial charge in [0.25, 0.3) is 0 Å². The molecule has 0 fully saturated rings. The van der Waals surface area contributed by atoms with Gasteiger partial charge in [0.2, 0.25) is 0 Å². The van der Waals surface area contributed by atoms with Gasteiger partial charge in [-0.25, -0.2) is 4.79 Å². The predicted octanol–water partition coefficient (Wildman–Crippen LogP) is 5.99. The summed E-state index contributed by atoms with van der Waals surface area (Å²) in [5, 5.41) is 6.03. The molecule has 31 heavy (non-hydrogen) atoms. The first-order valence-electron chi connectivity index (χ1n) is 9.43. The van der Waals surface area contributed by atoms with E-state index in [0.29, 0.717) is 17.2 Å². The monoisotopic (exact) mass is 443 g/mol. The molecule has 0 saturated heterocycles. The fraction of sp³-hybridized carbons (Fsp3) is 0.130. The molecule has 8 heteroatoms. The third kappa shape index (κ3) is 4.27. The van der Waals surface area contributed by atoms with E-state index in [9.17, 15) is 18.0 Å². The van der Waals surface area contributed by atoms with Gasteiger partial charge in [-0.1, -0.05) is 48.0 Å². The van der Waals surface area contributed by atoms with Crippen molar-refractivity contribution in [1.29, 1.82) is 0 Å². The standard InChI is InChI=1S/C23H17ClF3N3O/c24-17-8-11-19-15(12-17)13-20(14-4-2-1-3-5-14)21(19)29-30(22(28)31)18-9-6-16(7-10-18)23(25,26)27/h1-12,20H,13H2,(H2,28,31)/b29-21-. The van der Waals surface area contributed by atoms with Crippen molar-refractivity contribution in [3.8, 4) is 0 Å². The molecule has 0 heterocycles. The first-order valence-corrected chi connectivity index (χ1v) is 9.81. The quantitative estimate of drug-likeness (QED) is 0.497. The van der Waals surface area contributed by atoms with Crippen LogP contribution in [0.1, 0.15) is 28.2 Å². The molecule has 0 saturated carbocycles. The molecule has 3 aromatic rings. The molecule has 2 N–H and O–H groups in total. The molecule has 0 radical (unpaired) electrons. The molecule has 0 aromatic heterocycles. The molecule has 3 aromatic carbocycles. The predicted molar refractivity (Wildman–Crippen MR) is 114 cm³/mol. The number of fused-ring (bicyclic) bond motifs is 1. The van der Waals surface area contributed by atoms with E-state index in [1.165, 1.54) is 12.1 Å². The van der Waals surface area contributed by atoms with Crippen molar-refractivity contribution in [3.63, 3.8) is 0 Å². The molecule has 0 bridgehead atoms. The van der Waals surface area contributed by atoms with Gasteiger partial charge in [-0.05, 0) is 53.9 Å². The fourth-order valence-corrected chi connectivity index (χ4v) is 3.90. The Kier molecular flexibility index (Phi) is 5.45.